The third-order valence-electron chi connectivity index (χ3n) is 4.35. The van der Waals surface area contributed by atoms with Crippen molar-refractivity contribution in [2.24, 2.45) is 11.3 Å². The van der Waals surface area contributed by atoms with Gasteiger partial charge in [-0.15, -0.1) is 0 Å². The number of carbonyl (C=O) groups is 2. The molecule has 0 unspecified atom stereocenters. The summed E-state index contributed by atoms with van der Waals surface area (Å²) in [6.07, 6.45) is 4.17. The summed E-state index contributed by atoms with van der Waals surface area (Å²) in [5.41, 5.74) is -0.343. The monoisotopic (exact) mass is 362 g/mol. The summed E-state index contributed by atoms with van der Waals surface area (Å²) >= 11 is 0. The lowest BCUT2D eigenvalue weighted by Gasteiger charge is -2.31. The Hall–Kier alpha value is -1.84. The quantitative estimate of drug-likeness (QED) is 0.300. The summed E-state index contributed by atoms with van der Waals surface area (Å²) < 4.78 is 11.0. The van der Waals surface area contributed by atoms with Crippen LogP contribution in [0.15, 0.2) is 30.3 Å². The highest BCUT2D eigenvalue weighted by Crippen LogP contribution is 2.34. The van der Waals surface area contributed by atoms with Gasteiger partial charge in [0.2, 0.25) is 0 Å². The maximum atomic E-state index is 13.0. The number of esters is 2. The molecular formula is C22H34O4. The first kappa shape index (κ1) is 22.2. The molecule has 0 N–H and O–H groups in total. The number of carbonyl (C=O) groups excluding carboxylic acids is 2. The van der Waals surface area contributed by atoms with Gasteiger partial charge in [0.05, 0.1) is 13.2 Å². The minimum atomic E-state index is -1.28. The van der Waals surface area contributed by atoms with E-state index in [-0.39, 0.29) is 5.92 Å². The Bertz CT molecular complexity index is 514. The Morgan fingerprint density at radius 3 is 1.85 bits per heavy atom. The van der Waals surface area contributed by atoms with E-state index < -0.39 is 17.4 Å². The third kappa shape index (κ3) is 6.81. The van der Waals surface area contributed by atoms with E-state index in [1.54, 1.807) is 0 Å². The molecule has 4 heteroatoms. The van der Waals surface area contributed by atoms with Crippen LogP contribution >= 0.6 is 0 Å². The molecule has 0 aliphatic heterocycles. The molecule has 146 valence electrons. The van der Waals surface area contributed by atoms with Gasteiger partial charge < -0.3 is 9.47 Å². The molecule has 0 radical (unpaired) electrons. The first-order valence-corrected chi connectivity index (χ1v) is 9.84. The van der Waals surface area contributed by atoms with E-state index in [2.05, 4.69) is 0 Å². The fraction of sp³-hybridized carbons (Fsp3) is 0.636. The van der Waals surface area contributed by atoms with E-state index in [1.807, 2.05) is 58.0 Å². The van der Waals surface area contributed by atoms with Crippen molar-refractivity contribution in [1.29, 1.82) is 0 Å². The standard InChI is InChI=1S/C22H34O4/c1-5-7-14-25-20(23)22(16-18(3)4,21(24)26-15-8-6-2)17-19-12-10-9-11-13-19/h9-13,18H,5-8,14-17H2,1-4H3. The van der Waals surface area contributed by atoms with Crippen LogP contribution in [-0.2, 0) is 25.5 Å². The maximum absolute atomic E-state index is 13.0. The van der Waals surface area contributed by atoms with Crippen molar-refractivity contribution in [2.45, 2.75) is 66.2 Å². The number of benzene rings is 1. The molecule has 0 spiro atoms. The predicted molar refractivity (Wildman–Crippen MR) is 104 cm³/mol. The van der Waals surface area contributed by atoms with Gasteiger partial charge in [0, 0.05) is 0 Å². The first-order chi connectivity index (χ1) is 12.5. The van der Waals surface area contributed by atoms with Gasteiger partial charge >= 0.3 is 11.9 Å². The normalized spacial score (nSPS) is 11.4. The number of hydrogen-bond donors (Lipinski definition) is 0. The Morgan fingerprint density at radius 2 is 1.42 bits per heavy atom. The van der Waals surface area contributed by atoms with Crippen LogP contribution in [0.4, 0.5) is 0 Å². The number of ether oxygens (including phenoxy) is 2. The van der Waals surface area contributed by atoms with Gasteiger partial charge in [-0.3, -0.25) is 9.59 Å². The Morgan fingerprint density at radius 1 is 0.923 bits per heavy atom. The summed E-state index contributed by atoms with van der Waals surface area (Å²) in [5.74, 6) is -0.744. The zero-order valence-corrected chi connectivity index (χ0v) is 16.8. The Kier molecular flexibility index (Phi) is 10.0. The highest BCUT2D eigenvalue weighted by molar-refractivity contribution is 6.00. The van der Waals surface area contributed by atoms with Crippen LogP contribution in [0.1, 0.15) is 65.4 Å². The number of unbranched alkanes of at least 4 members (excludes halogenated alkanes) is 2. The van der Waals surface area contributed by atoms with Crippen LogP contribution in [-0.4, -0.2) is 25.2 Å². The van der Waals surface area contributed by atoms with Crippen molar-refractivity contribution in [2.75, 3.05) is 13.2 Å². The predicted octanol–water partition coefficient (Wildman–Crippen LogP) is 4.95. The van der Waals surface area contributed by atoms with Crippen LogP contribution in [0.5, 0.6) is 0 Å². The summed E-state index contributed by atoms with van der Waals surface area (Å²) in [5, 5.41) is 0. The van der Waals surface area contributed by atoms with Gasteiger partial charge in [-0.05, 0) is 37.2 Å². The molecule has 0 fully saturated rings. The van der Waals surface area contributed by atoms with Crippen molar-refractivity contribution in [3.8, 4) is 0 Å². The molecule has 1 aromatic carbocycles. The van der Waals surface area contributed by atoms with Crippen molar-refractivity contribution >= 4 is 11.9 Å². The Balaban J connectivity index is 3.13. The van der Waals surface area contributed by atoms with E-state index in [4.69, 9.17) is 9.47 Å². The summed E-state index contributed by atoms with van der Waals surface area (Å²) in [4.78, 5) is 26.1. The SMILES string of the molecule is CCCCOC(=O)C(Cc1ccccc1)(CC(C)C)C(=O)OCCCC. The summed E-state index contributed by atoms with van der Waals surface area (Å²) in [6.45, 7) is 8.78. The fourth-order valence-electron chi connectivity index (χ4n) is 3.00. The van der Waals surface area contributed by atoms with E-state index in [0.717, 1.165) is 31.2 Å². The topological polar surface area (TPSA) is 52.6 Å². The van der Waals surface area contributed by atoms with E-state index in [0.29, 0.717) is 26.1 Å². The largest absolute Gasteiger partial charge is 0.465 e. The third-order valence-corrected chi connectivity index (χ3v) is 4.35. The molecule has 0 saturated heterocycles. The lowest BCUT2D eigenvalue weighted by molar-refractivity contribution is -0.174. The molecule has 1 rings (SSSR count). The highest BCUT2D eigenvalue weighted by atomic mass is 16.6. The maximum Gasteiger partial charge on any atom is 0.323 e. The first-order valence-electron chi connectivity index (χ1n) is 9.84. The second-order valence-corrected chi connectivity index (χ2v) is 7.32. The van der Waals surface area contributed by atoms with Gasteiger partial charge in [-0.2, -0.15) is 0 Å². The number of rotatable bonds is 12. The molecule has 0 aliphatic rings. The molecule has 0 saturated carbocycles. The average Bonchev–Trinajstić information content (AvgIpc) is 2.61. The minimum Gasteiger partial charge on any atom is -0.465 e. The zero-order valence-electron chi connectivity index (χ0n) is 16.8. The molecule has 26 heavy (non-hydrogen) atoms. The van der Waals surface area contributed by atoms with Gasteiger partial charge in [-0.1, -0.05) is 70.9 Å². The zero-order chi connectivity index (χ0) is 19.4. The van der Waals surface area contributed by atoms with Gasteiger partial charge in [0.15, 0.2) is 5.41 Å². The van der Waals surface area contributed by atoms with Crippen molar-refractivity contribution in [3.63, 3.8) is 0 Å². The molecule has 0 amide bonds. The van der Waals surface area contributed by atoms with Crippen LogP contribution < -0.4 is 0 Å². The summed E-state index contributed by atoms with van der Waals surface area (Å²) in [6, 6.07) is 9.63. The van der Waals surface area contributed by atoms with Crippen molar-refractivity contribution in [3.05, 3.63) is 35.9 Å². The van der Waals surface area contributed by atoms with Gasteiger partial charge in [0.1, 0.15) is 0 Å². The lowest BCUT2D eigenvalue weighted by atomic mass is 9.75. The number of hydrogen-bond acceptors (Lipinski definition) is 4. The van der Waals surface area contributed by atoms with Crippen LogP contribution in [0.3, 0.4) is 0 Å². The van der Waals surface area contributed by atoms with Crippen LogP contribution in [0.2, 0.25) is 0 Å². The smallest absolute Gasteiger partial charge is 0.323 e. The van der Waals surface area contributed by atoms with Crippen molar-refractivity contribution in [1.82, 2.24) is 0 Å². The summed E-state index contributed by atoms with van der Waals surface area (Å²) in [7, 11) is 0. The van der Waals surface area contributed by atoms with Gasteiger partial charge in [-0.25, -0.2) is 0 Å². The fourth-order valence-corrected chi connectivity index (χ4v) is 3.00. The molecule has 0 aliphatic carbocycles. The molecule has 0 atom stereocenters. The van der Waals surface area contributed by atoms with E-state index >= 15 is 0 Å². The molecular weight excluding hydrogens is 328 g/mol. The second kappa shape index (κ2) is 11.7. The molecule has 0 heterocycles. The highest BCUT2D eigenvalue weighted by Gasteiger charge is 2.49. The minimum absolute atomic E-state index is 0.163. The lowest BCUT2D eigenvalue weighted by Crippen LogP contribution is -2.45. The molecule has 0 aromatic heterocycles. The molecule has 1 aromatic rings. The molecule has 0 bridgehead atoms. The van der Waals surface area contributed by atoms with Crippen LogP contribution in [0, 0.1) is 11.3 Å². The van der Waals surface area contributed by atoms with Crippen LogP contribution in [0.25, 0.3) is 0 Å². The average molecular weight is 363 g/mol. The second-order valence-electron chi connectivity index (χ2n) is 7.32. The van der Waals surface area contributed by atoms with Crippen molar-refractivity contribution < 1.29 is 19.1 Å². The van der Waals surface area contributed by atoms with E-state index in [1.165, 1.54) is 0 Å². The Labute approximate surface area is 158 Å². The van der Waals surface area contributed by atoms with Gasteiger partial charge in [0.25, 0.3) is 0 Å². The molecule has 4 nitrogen and oxygen atoms in total. The van der Waals surface area contributed by atoms with E-state index in [9.17, 15) is 9.59 Å².